The maximum absolute atomic E-state index is 6.07. The number of anilines is 2. The van der Waals surface area contributed by atoms with Gasteiger partial charge in [0, 0.05) is 22.3 Å². The van der Waals surface area contributed by atoms with Gasteiger partial charge in [-0.15, -0.1) is 0 Å². The second-order valence-electron chi connectivity index (χ2n) is 4.35. The lowest BCUT2D eigenvalue weighted by molar-refractivity contribution is 0.417. The lowest BCUT2D eigenvalue weighted by Crippen LogP contribution is -1.95. The minimum Gasteiger partial charge on any atom is -0.495 e. The van der Waals surface area contributed by atoms with Crippen LogP contribution < -0.4 is 10.1 Å². The van der Waals surface area contributed by atoms with Crippen LogP contribution in [0.5, 0.6) is 5.75 Å². The molecule has 0 aliphatic heterocycles. The first kappa shape index (κ1) is 12.8. The van der Waals surface area contributed by atoms with Gasteiger partial charge in [-0.1, -0.05) is 23.7 Å². The van der Waals surface area contributed by atoms with Crippen LogP contribution in [0.25, 0.3) is 10.9 Å². The summed E-state index contributed by atoms with van der Waals surface area (Å²) in [6.45, 7) is 0. The zero-order chi connectivity index (χ0) is 13.9. The van der Waals surface area contributed by atoms with E-state index in [1.807, 2.05) is 48.5 Å². The summed E-state index contributed by atoms with van der Waals surface area (Å²) in [5.74, 6) is 0.791. The molecule has 100 valence electrons. The minimum atomic E-state index is 0.688. The quantitative estimate of drug-likeness (QED) is 0.761. The van der Waals surface area contributed by atoms with E-state index in [1.54, 1.807) is 13.3 Å². The number of para-hydroxylation sites is 2. The SMILES string of the molecule is COc1ccccc1Nc1ccnc2ccc(Cl)cc12. The highest BCUT2D eigenvalue weighted by Crippen LogP contribution is 2.31. The van der Waals surface area contributed by atoms with Crippen molar-refractivity contribution in [1.29, 1.82) is 0 Å². The molecule has 0 aliphatic rings. The molecule has 1 N–H and O–H groups in total. The van der Waals surface area contributed by atoms with Crippen molar-refractivity contribution >= 4 is 33.9 Å². The number of hydrogen-bond donors (Lipinski definition) is 1. The highest BCUT2D eigenvalue weighted by molar-refractivity contribution is 6.31. The molecule has 1 aromatic heterocycles. The maximum atomic E-state index is 6.07. The molecule has 2 aromatic carbocycles. The molecule has 0 radical (unpaired) electrons. The average Bonchev–Trinajstić information content (AvgIpc) is 2.48. The molecule has 3 aromatic rings. The number of fused-ring (bicyclic) bond motifs is 1. The summed E-state index contributed by atoms with van der Waals surface area (Å²) in [7, 11) is 1.65. The van der Waals surface area contributed by atoms with Crippen LogP contribution in [0.3, 0.4) is 0 Å². The van der Waals surface area contributed by atoms with Crippen molar-refractivity contribution in [2.24, 2.45) is 0 Å². The molecular formula is C16H13ClN2O. The molecule has 20 heavy (non-hydrogen) atoms. The number of rotatable bonds is 3. The van der Waals surface area contributed by atoms with Crippen LogP contribution in [0.2, 0.25) is 5.02 Å². The monoisotopic (exact) mass is 284 g/mol. The third-order valence-corrected chi connectivity index (χ3v) is 3.32. The van der Waals surface area contributed by atoms with E-state index in [0.29, 0.717) is 5.02 Å². The smallest absolute Gasteiger partial charge is 0.142 e. The van der Waals surface area contributed by atoms with Crippen molar-refractivity contribution in [3.63, 3.8) is 0 Å². The molecular weight excluding hydrogens is 272 g/mol. The first-order valence-electron chi connectivity index (χ1n) is 6.22. The Bertz CT molecular complexity index is 758. The Kier molecular flexibility index (Phi) is 3.44. The van der Waals surface area contributed by atoms with Gasteiger partial charge in [0.1, 0.15) is 5.75 Å². The van der Waals surface area contributed by atoms with E-state index in [9.17, 15) is 0 Å². The van der Waals surface area contributed by atoms with Crippen molar-refractivity contribution in [2.75, 3.05) is 12.4 Å². The van der Waals surface area contributed by atoms with Gasteiger partial charge in [0.2, 0.25) is 0 Å². The maximum Gasteiger partial charge on any atom is 0.142 e. The van der Waals surface area contributed by atoms with Gasteiger partial charge in [-0.25, -0.2) is 0 Å². The molecule has 3 nitrogen and oxygen atoms in total. The lowest BCUT2D eigenvalue weighted by atomic mass is 10.1. The van der Waals surface area contributed by atoms with E-state index in [2.05, 4.69) is 10.3 Å². The molecule has 0 bridgehead atoms. The molecule has 0 spiro atoms. The summed E-state index contributed by atoms with van der Waals surface area (Å²) in [5, 5.41) is 5.04. The van der Waals surface area contributed by atoms with E-state index in [4.69, 9.17) is 16.3 Å². The topological polar surface area (TPSA) is 34.1 Å². The fourth-order valence-electron chi connectivity index (χ4n) is 2.12. The molecule has 0 saturated carbocycles. The summed E-state index contributed by atoms with van der Waals surface area (Å²) >= 11 is 6.07. The van der Waals surface area contributed by atoms with E-state index in [1.165, 1.54) is 0 Å². The molecule has 1 heterocycles. The van der Waals surface area contributed by atoms with Gasteiger partial charge >= 0.3 is 0 Å². The van der Waals surface area contributed by atoms with Crippen LogP contribution in [0.4, 0.5) is 11.4 Å². The van der Waals surface area contributed by atoms with Gasteiger partial charge in [0.25, 0.3) is 0 Å². The van der Waals surface area contributed by atoms with Crippen molar-refractivity contribution < 1.29 is 4.74 Å². The number of pyridine rings is 1. The van der Waals surface area contributed by atoms with Crippen LogP contribution >= 0.6 is 11.6 Å². The molecule has 3 rings (SSSR count). The van der Waals surface area contributed by atoms with Crippen LogP contribution in [0.1, 0.15) is 0 Å². The summed E-state index contributed by atoms with van der Waals surface area (Å²) in [6, 6.07) is 15.3. The number of halogens is 1. The molecule has 0 amide bonds. The van der Waals surface area contributed by atoms with Gasteiger partial charge < -0.3 is 10.1 Å². The van der Waals surface area contributed by atoms with Gasteiger partial charge in [-0.3, -0.25) is 4.98 Å². The summed E-state index contributed by atoms with van der Waals surface area (Å²) in [4.78, 5) is 4.34. The van der Waals surface area contributed by atoms with Gasteiger partial charge in [-0.05, 0) is 36.4 Å². The number of hydrogen-bond acceptors (Lipinski definition) is 3. The first-order valence-corrected chi connectivity index (χ1v) is 6.60. The number of aromatic nitrogens is 1. The molecule has 0 unspecified atom stereocenters. The van der Waals surface area contributed by atoms with Crippen LogP contribution in [0, 0.1) is 0 Å². The van der Waals surface area contributed by atoms with E-state index < -0.39 is 0 Å². The fourth-order valence-corrected chi connectivity index (χ4v) is 2.29. The highest BCUT2D eigenvalue weighted by atomic mass is 35.5. The van der Waals surface area contributed by atoms with Gasteiger partial charge in [-0.2, -0.15) is 0 Å². The zero-order valence-corrected chi connectivity index (χ0v) is 11.7. The minimum absolute atomic E-state index is 0.688. The van der Waals surface area contributed by atoms with E-state index >= 15 is 0 Å². The molecule has 4 heteroatoms. The second-order valence-corrected chi connectivity index (χ2v) is 4.78. The molecule has 0 saturated heterocycles. The predicted octanol–water partition coefficient (Wildman–Crippen LogP) is 4.64. The van der Waals surface area contributed by atoms with Crippen molar-refractivity contribution in [3.8, 4) is 5.75 Å². The molecule has 0 fully saturated rings. The normalized spacial score (nSPS) is 10.5. The number of ether oxygens (including phenoxy) is 1. The van der Waals surface area contributed by atoms with Gasteiger partial charge in [0.15, 0.2) is 0 Å². The average molecular weight is 285 g/mol. The third kappa shape index (κ3) is 2.40. The Morgan fingerprint density at radius 2 is 1.90 bits per heavy atom. The fraction of sp³-hybridized carbons (Fsp3) is 0.0625. The second kappa shape index (κ2) is 5.39. The van der Waals surface area contributed by atoms with Crippen molar-refractivity contribution in [2.45, 2.75) is 0 Å². The Labute approximate surface area is 122 Å². The van der Waals surface area contributed by atoms with Crippen LogP contribution in [-0.4, -0.2) is 12.1 Å². The highest BCUT2D eigenvalue weighted by Gasteiger charge is 2.06. The third-order valence-electron chi connectivity index (χ3n) is 3.08. The van der Waals surface area contributed by atoms with Crippen LogP contribution in [0.15, 0.2) is 54.7 Å². The Balaban J connectivity index is 2.08. The zero-order valence-electron chi connectivity index (χ0n) is 10.9. The standard InChI is InChI=1S/C16H13ClN2O/c1-20-16-5-3-2-4-15(16)19-14-8-9-18-13-7-6-11(17)10-12(13)14/h2-10H,1H3,(H,18,19). The number of nitrogens with zero attached hydrogens (tertiary/aromatic N) is 1. The number of nitrogens with one attached hydrogen (secondary N) is 1. The number of methoxy groups -OCH3 is 1. The van der Waals surface area contributed by atoms with E-state index in [0.717, 1.165) is 28.0 Å². The van der Waals surface area contributed by atoms with Gasteiger partial charge in [0.05, 0.1) is 18.3 Å². The number of benzene rings is 2. The summed E-state index contributed by atoms with van der Waals surface area (Å²) < 4.78 is 5.35. The Morgan fingerprint density at radius 3 is 2.75 bits per heavy atom. The van der Waals surface area contributed by atoms with Crippen molar-refractivity contribution in [3.05, 3.63) is 59.8 Å². The Hall–Kier alpha value is -2.26. The summed E-state index contributed by atoms with van der Waals surface area (Å²) in [5.41, 5.74) is 2.75. The summed E-state index contributed by atoms with van der Waals surface area (Å²) in [6.07, 6.45) is 1.77. The lowest BCUT2D eigenvalue weighted by Gasteiger charge is -2.12. The molecule has 0 atom stereocenters. The predicted molar refractivity (Wildman–Crippen MR) is 83.0 cm³/mol. The Morgan fingerprint density at radius 1 is 1.05 bits per heavy atom. The van der Waals surface area contributed by atoms with Crippen molar-refractivity contribution in [1.82, 2.24) is 4.98 Å². The largest absolute Gasteiger partial charge is 0.495 e. The van der Waals surface area contributed by atoms with E-state index in [-0.39, 0.29) is 0 Å². The molecule has 0 aliphatic carbocycles. The first-order chi connectivity index (χ1) is 9.78. The van der Waals surface area contributed by atoms with Crippen LogP contribution in [-0.2, 0) is 0 Å².